The first-order chi connectivity index (χ1) is 17.8. The first-order valence-electron chi connectivity index (χ1n) is 13.8. The molecule has 6 atom stereocenters. The third-order valence-electron chi connectivity index (χ3n) is 7.35. The number of carbonyl (C=O) groups excluding carboxylic acids is 2. The summed E-state index contributed by atoms with van der Waals surface area (Å²) in [6.07, 6.45) is 7.73. The van der Waals surface area contributed by atoms with Crippen LogP contribution in [0, 0.1) is 5.92 Å². The van der Waals surface area contributed by atoms with Gasteiger partial charge in [-0.05, 0) is 85.5 Å². The topological polar surface area (TPSA) is 112 Å². The smallest absolute Gasteiger partial charge is 0.303 e. The van der Waals surface area contributed by atoms with Crippen molar-refractivity contribution < 1.29 is 38.7 Å². The van der Waals surface area contributed by atoms with Crippen LogP contribution in [0.15, 0.2) is 34.9 Å². The van der Waals surface area contributed by atoms with Crippen molar-refractivity contribution in [1.29, 1.82) is 0 Å². The highest BCUT2D eigenvalue weighted by Gasteiger charge is 2.48. The van der Waals surface area contributed by atoms with E-state index in [2.05, 4.69) is 39.0 Å². The summed E-state index contributed by atoms with van der Waals surface area (Å²) in [5.41, 5.74) is 3.59. The van der Waals surface area contributed by atoms with Crippen molar-refractivity contribution in [3.63, 3.8) is 0 Å². The van der Waals surface area contributed by atoms with Crippen LogP contribution in [0.5, 0.6) is 0 Å². The van der Waals surface area contributed by atoms with E-state index in [1.807, 2.05) is 13.8 Å². The highest BCUT2D eigenvalue weighted by Crippen LogP contribution is 2.31. The van der Waals surface area contributed by atoms with Crippen LogP contribution in [-0.2, 0) is 28.5 Å². The summed E-state index contributed by atoms with van der Waals surface area (Å²) in [5, 5.41) is 21.3. The Morgan fingerprint density at radius 1 is 1.05 bits per heavy atom. The van der Waals surface area contributed by atoms with Crippen LogP contribution in [0.3, 0.4) is 0 Å². The second kappa shape index (κ2) is 15.0. The molecule has 0 aromatic heterocycles. The van der Waals surface area contributed by atoms with E-state index in [9.17, 15) is 19.8 Å². The van der Waals surface area contributed by atoms with E-state index < -0.39 is 48.2 Å². The summed E-state index contributed by atoms with van der Waals surface area (Å²) in [4.78, 5) is 22.8. The molecule has 0 saturated carbocycles. The molecule has 1 aliphatic heterocycles. The summed E-state index contributed by atoms with van der Waals surface area (Å²) in [7, 11) is 0. The molecule has 0 spiro atoms. The van der Waals surface area contributed by atoms with Gasteiger partial charge in [0.15, 0.2) is 12.4 Å². The van der Waals surface area contributed by atoms with Crippen molar-refractivity contribution in [2.75, 3.05) is 6.61 Å². The number of allylic oxidation sites excluding steroid dienone is 6. The van der Waals surface area contributed by atoms with Crippen LogP contribution in [0.1, 0.15) is 93.4 Å². The lowest BCUT2D eigenvalue weighted by molar-refractivity contribution is -0.325. The SMILES string of the molecule is CC(=O)OCC1OC(OC(C)(C)CC/C=C(\C)[C@@H]2C/C=C(\C)CC/C=C(\C)CC2)C(O)C(O)C1OC(C)=O. The Balaban J connectivity index is 2.02. The van der Waals surface area contributed by atoms with Gasteiger partial charge in [0.1, 0.15) is 24.9 Å². The highest BCUT2D eigenvalue weighted by molar-refractivity contribution is 5.66. The Morgan fingerprint density at radius 2 is 1.74 bits per heavy atom. The van der Waals surface area contributed by atoms with E-state index in [1.54, 1.807) is 0 Å². The first-order valence-corrected chi connectivity index (χ1v) is 13.8. The van der Waals surface area contributed by atoms with Gasteiger partial charge in [-0.2, -0.15) is 0 Å². The molecule has 2 N–H and O–H groups in total. The van der Waals surface area contributed by atoms with Crippen molar-refractivity contribution in [1.82, 2.24) is 0 Å². The molecule has 2 aliphatic rings. The van der Waals surface area contributed by atoms with Crippen molar-refractivity contribution in [3.05, 3.63) is 34.9 Å². The van der Waals surface area contributed by atoms with Gasteiger partial charge in [0.05, 0.1) is 5.60 Å². The van der Waals surface area contributed by atoms with Gasteiger partial charge in [-0.3, -0.25) is 9.59 Å². The number of hydrogen-bond donors (Lipinski definition) is 2. The normalized spacial score (nSPS) is 32.4. The van der Waals surface area contributed by atoms with Crippen molar-refractivity contribution >= 4 is 11.9 Å². The largest absolute Gasteiger partial charge is 0.463 e. The number of carbonyl (C=O) groups is 2. The molecule has 1 fully saturated rings. The first kappa shape index (κ1) is 32.2. The molecular weight excluding hydrogens is 488 g/mol. The van der Waals surface area contributed by atoms with Gasteiger partial charge >= 0.3 is 11.9 Å². The van der Waals surface area contributed by atoms with Gasteiger partial charge in [-0.1, -0.05) is 34.9 Å². The van der Waals surface area contributed by atoms with Gasteiger partial charge < -0.3 is 29.2 Å². The summed E-state index contributed by atoms with van der Waals surface area (Å²) in [6.45, 7) is 12.6. The lowest BCUT2D eigenvalue weighted by Crippen LogP contribution is -2.61. The minimum atomic E-state index is -1.46. The van der Waals surface area contributed by atoms with E-state index in [1.165, 1.54) is 30.6 Å². The molecular formula is C30H48O8. The van der Waals surface area contributed by atoms with Gasteiger partial charge in [0.25, 0.3) is 0 Å². The van der Waals surface area contributed by atoms with Crippen molar-refractivity contribution in [2.24, 2.45) is 5.92 Å². The minimum absolute atomic E-state index is 0.247. The van der Waals surface area contributed by atoms with Crippen LogP contribution >= 0.6 is 0 Å². The maximum Gasteiger partial charge on any atom is 0.303 e. The maximum atomic E-state index is 11.5. The fraction of sp³-hybridized carbons (Fsp3) is 0.733. The number of aliphatic hydroxyl groups excluding tert-OH is 2. The Bertz CT molecular complexity index is 887. The molecule has 0 amide bonds. The van der Waals surface area contributed by atoms with Crippen LogP contribution in [0.2, 0.25) is 0 Å². The van der Waals surface area contributed by atoms with E-state index in [4.69, 9.17) is 18.9 Å². The number of aliphatic hydroxyl groups is 2. The molecule has 0 radical (unpaired) electrons. The summed E-state index contributed by atoms with van der Waals surface area (Å²) >= 11 is 0. The van der Waals surface area contributed by atoms with E-state index in [0.29, 0.717) is 12.3 Å². The molecule has 2 rings (SSSR count). The minimum Gasteiger partial charge on any atom is -0.463 e. The van der Waals surface area contributed by atoms with E-state index in [0.717, 1.165) is 38.5 Å². The van der Waals surface area contributed by atoms with Crippen LogP contribution in [0.4, 0.5) is 0 Å². The predicted molar refractivity (Wildman–Crippen MR) is 145 cm³/mol. The zero-order valence-corrected chi connectivity index (χ0v) is 24.2. The summed E-state index contributed by atoms with van der Waals surface area (Å²) < 4.78 is 22.1. The second-order valence-corrected chi connectivity index (χ2v) is 11.4. The van der Waals surface area contributed by atoms with Gasteiger partial charge in [0, 0.05) is 13.8 Å². The molecule has 216 valence electrons. The van der Waals surface area contributed by atoms with Gasteiger partial charge in [0.2, 0.25) is 0 Å². The second-order valence-electron chi connectivity index (χ2n) is 11.4. The van der Waals surface area contributed by atoms with Crippen LogP contribution in [-0.4, -0.2) is 65.1 Å². The molecule has 1 heterocycles. The monoisotopic (exact) mass is 536 g/mol. The highest BCUT2D eigenvalue weighted by atomic mass is 16.7. The van der Waals surface area contributed by atoms with Gasteiger partial charge in [-0.15, -0.1) is 0 Å². The molecule has 0 aromatic rings. The lowest BCUT2D eigenvalue weighted by Gasteiger charge is -2.43. The lowest BCUT2D eigenvalue weighted by atomic mass is 9.87. The number of ether oxygens (including phenoxy) is 4. The average molecular weight is 537 g/mol. The third-order valence-corrected chi connectivity index (χ3v) is 7.35. The summed E-state index contributed by atoms with van der Waals surface area (Å²) in [5.74, 6) is -0.691. The molecule has 5 unspecified atom stereocenters. The molecule has 1 saturated heterocycles. The molecule has 1 aliphatic carbocycles. The molecule has 38 heavy (non-hydrogen) atoms. The number of hydrogen-bond acceptors (Lipinski definition) is 8. The molecule has 8 nitrogen and oxygen atoms in total. The molecule has 0 aromatic carbocycles. The Labute approximate surface area is 228 Å². The fourth-order valence-corrected chi connectivity index (χ4v) is 4.89. The van der Waals surface area contributed by atoms with Crippen molar-refractivity contribution in [3.8, 4) is 0 Å². The standard InChI is InChI=1S/C30H48O8/c1-19-10-8-11-20(2)14-16-24(15-13-19)21(3)12-9-17-30(6,7)38-29-27(34)26(33)28(36-23(5)32)25(37-29)18-35-22(4)31/h10,12,14,24-29,33-34H,8-9,11,13,15-18H2,1-7H3/b19-10+,20-14+,21-12+/t24-,25?,26?,27?,28?,29?/m0/s1. The molecule has 8 heteroatoms. The number of esters is 2. The zero-order valence-electron chi connectivity index (χ0n) is 24.2. The Morgan fingerprint density at radius 3 is 2.39 bits per heavy atom. The fourth-order valence-electron chi connectivity index (χ4n) is 4.89. The quantitative estimate of drug-likeness (QED) is 0.315. The Hall–Kier alpha value is -2.00. The van der Waals surface area contributed by atoms with E-state index in [-0.39, 0.29) is 6.61 Å². The van der Waals surface area contributed by atoms with Crippen molar-refractivity contribution in [2.45, 2.75) is 130 Å². The van der Waals surface area contributed by atoms with Crippen LogP contribution in [0.25, 0.3) is 0 Å². The maximum absolute atomic E-state index is 11.5. The molecule has 0 bridgehead atoms. The summed E-state index contributed by atoms with van der Waals surface area (Å²) in [6, 6.07) is 0. The zero-order chi connectivity index (χ0) is 28.5. The Kier molecular flexibility index (Phi) is 12.7. The number of rotatable bonds is 9. The third kappa shape index (κ3) is 10.6. The van der Waals surface area contributed by atoms with E-state index >= 15 is 0 Å². The van der Waals surface area contributed by atoms with Gasteiger partial charge in [-0.25, -0.2) is 0 Å². The predicted octanol–water partition coefficient (Wildman–Crippen LogP) is 4.92. The van der Waals surface area contributed by atoms with Crippen LogP contribution < -0.4 is 0 Å². The average Bonchev–Trinajstić information content (AvgIpc) is 2.82.